The van der Waals surface area contributed by atoms with Crippen molar-refractivity contribution >= 4 is 5.69 Å². The van der Waals surface area contributed by atoms with E-state index in [2.05, 4.69) is 0 Å². The fraction of sp³-hybridized carbons (Fsp3) is 0.500. The number of halogens is 1. The van der Waals surface area contributed by atoms with E-state index in [-0.39, 0.29) is 18.0 Å². The van der Waals surface area contributed by atoms with Gasteiger partial charge in [0.1, 0.15) is 12.4 Å². The summed E-state index contributed by atoms with van der Waals surface area (Å²) in [6.45, 7) is 3.93. The summed E-state index contributed by atoms with van der Waals surface area (Å²) in [6.07, 6.45) is 1.35. The number of ether oxygens (including phenoxy) is 1. The van der Waals surface area contributed by atoms with Gasteiger partial charge in [-0.2, -0.15) is 0 Å². The summed E-state index contributed by atoms with van der Waals surface area (Å²) in [7, 11) is 0. The Morgan fingerprint density at radius 2 is 2.06 bits per heavy atom. The van der Waals surface area contributed by atoms with Gasteiger partial charge >= 0.3 is 5.69 Å². The summed E-state index contributed by atoms with van der Waals surface area (Å²) in [6, 6.07) is 3.12. The monoisotopic (exact) mass is 256 g/mol. The second kappa shape index (κ2) is 5.77. The quantitative estimate of drug-likeness (QED) is 0.626. The normalized spacial score (nSPS) is 11.3. The topological polar surface area (TPSA) is 78.4 Å². The van der Waals surface area contributed by atoms with Gasteiger partial charge in [-0.1, -0.05) is 13.8 Å². The van der Waals surface area contributed by atoms with Crippen LogP contribution in [0.5, 0.6) is 5.75 Å². The molecule has 1 aromatic carbocycles. The molecule has 1 aromatic rings. The molecule has 0 amide bonds. The molecule has 1 rings (SSSR count). The van der Waals surface area contributed by atoms with E-state index in [1.807, 2.05) is 13.8 Å². The van der Waals surface area contributed by atoms with Gasteiger partial charge < -0.3 is 10.5 Å². The Hall–Kier alpha value is -1.69. The first-order chi connectivity index (χ1) is 8.41. The zero-order valence-corrected chi connectivity index (χ0v) is 10.5. The van der Waals surface area contributed by atoms with Crippen LogP contribution >= 0.6 is 0 Å². The van der Waals surface area contributed by atoms with Crippen LogP contribution in [0.15, 0.2) is 18.2 Å². The molecule has 100 valence electrons. The first-order valence-corrected chi connectivity index (χ1v) is 5.77. The maximum absolute atomic E-state index is 13.1. The van der Waals surface area contributed by atoms with E-state index >= 15 is 0 Å². The van der Waals surface area contributed by atoms with E-state index in [0.29, 0.717) is 12.8 Å². The van der Waals surface area contributed by atoms with Crippen molar-refractivity contribution in [3.05, 3.63) is 34.1 Å². The van der Waals surface area contributed by atoms with Crippen LogP contribution in [0.3, 0.4) is 0 Å². The molecule has 0 saturated carbocycles. The fourth-order valence-corrected chi connectivity index (χ4v) is 1.43. The lowest BCUT2D eigenvalue weighted by atomic mass is 9.96. The van der Waals surface area contributed by atoms with Crippen LogP contribution in [0, 0.1) is 15.9 Å². The molecule has 0 spiro atoms. The molecule has 2 N–H and O–H groups in total. The van der Waals surface area contributed by atoms with Crippen LogP contribution < -0.4 is 10.5 Å². The summed E-state index contributed by atoms with van der Waals surface area (Å²) in [5.74, 6) is -0.664. The molecule has 0 radical (unpaired) electrons. The standard InChI is InChI=1S/C12H17FN2O3/c1-3-12(14,4-2)8-18-11-7-9(13)5-6-10(11)15(16)17/h5-7H,3-4,8,14H2,1-2H3. The van der Waals surface area contributed by atoms with E-state index in [0.717, 1.165) is 18.2 Å². The number of hydrogen-bond acceptors (Lipinski definition) is 4. The van der Waals surface area contributed by atoms with Crippen molar-refractivity contribution in [2.75, 3.05) is 6.61 Å². The van der Waals surface area contributed by atoms with Crippen LogP contribution in [0.25, 0.3) is 0 Å². The van der Waals surface area contributed by atoms with E-state index in [1.54, 1.807) is 0 Å². The number of rotatable bonds is 6. The van der Waals surface area contributed by atoms with Gasteiger partial charge in [-0.25, -0.2) is 4.39 Å². The molecule has 0 aliphatic carbocycles. The van der Waals surface area contributed by atoms with Gasteiger partial charge in [0.2, 0.25) is 0 Å². The molecule has 6 heteroatoms. The van der Waals surface area contributed by atoms with Gasteiger partial charge in [0.15, 0.2) is 5.75 Å². The van der Waals surface area contributed by atoms with Crippen molar-refractivity contribution in [3.63, 3.8) is 0 Å². The molecule has 0 saturated heterocycles. The van der Waals surface area contributed by atoms with Crippen LogP contribution in [-0.4, -0.2) is 17.1 Å². The highest BCUT2D eigenvalue weighted by molar-refractivity contribution is 5.46. The Kier molecular flexibility index (Phi) is 4.61. The Labute approximate surface area is 105 Å². The molecule has 0 aliphatic rings. The lowest BCUT2D eigenvalue weighted by Gasteiger charge is -2.26. The largest absolute Gasteiger partial charge is 0.485 e. The number of benzene rings is 1. The third kappa shape index (κ3) is 3.40. The maximum Gasteiger partial charge on any atom is 0.311 e. The van der Waals surface area contributed by atoms with E-state index in [9.17, 15) is 14.5 Å². The first kappa shape index (κ1) is 14.4. The van der Waals surface area contributed by atoms with Gasteiger partial charge in [0.05, 0.1) is 4.92 Å². The Bertz CT molecular complexity index is 433. The van der Waals surface area contributed by atoms with Gasteiger partial charge in [0.25, 0.3) is 0 Å². The summed E-state index contributed by atoms with van der Waals surface area (Å²) in [5, 5.41) is 10.8. The molecule has 18 heavy (non-hydrogen) atoms. The smallest absolute Gasteiger partial charge is 0.311 e. The molecule has 0 aromatic heterocycles. The van der Waals surface area contributed by atoms with Gasteiger partial charge in [0, 0.05) is 17.7 Å². The second-order valence-corrected chi connectivity index (χ2v) is 4.23. The predicted octanol–water partition coefficient (Wildman–Crippen LogP) is 2.63. The first-order valence-electron chi connectivity index (χ1n) is 5.77. The minimum Gasteiger partial charge on any atom is -0.485 e. The summed E-state index contributed by atoms with van der Waals surface area (Å²) in [4.78, 5) is 10.2. The zero-order valence-electron chi connectivity index (χ0n) is 10.5. The SMILES string of the molecule is CCC(N)(CC)COc1cc(F)ccc1[N+](=O)[O-]. The molecule has 0 bridgehead atoms. The molecule has 0 heterocycles. The molecular weight excluding hydrogens is 239 g/mol. The Balaban J connectivity index is 2.90. The minimum absolute atomic E-state index is 0.0864. The van der Waals surface area contributed by atoms with Crippen molar-refractivity contribution in [1.29, 1.82) is 0 Å². The van der Waals surface area contributed by atoms with Crippen LogP contribution in [0.4, 0.5) is 10.1 Å². The van der Waals surface area contributed by atoms with Gasteiger partial charge in [-0.05, 0) is 18.9 Å². The van der Waals surface area contributed by atoms with E-state index in [1.165, 1.54) is 0 Å². The molecular formula is C12H17FN2O3. The molecule has 0 aliphatic heterocycles. The van der Waals surface area contributed by atoms with Crippen molar-refractivity contribution in [2.24, 2.45) is 5.73 Å². The molecule has 0 unspecified atom stereocenters. The zero-order chi connectivity index (χ0) is 13.8. The summed E-state index contributed by atoms with van der Waals surface area (Å²) >= 11 is 0. The van der Waals surface area contributed by atoms with Crippen LogP contribution in [-0.2, 0) is 0 Å². The predicted molar refractivity (Wildman–Crippen MR) is 66.0 cm³/mol. The Morgan fingerprint density at radius 3 is 2.56 bits per heavy atom. The van der Waals surface area contributed by atoms with Crippen molar-refractivity contribution in [3.8, 4) is 5.75 Å². The maximum atomic E-state index is 13.1. The summed E-state index contributed by atoms with van der Waals surface area (Å²) in [5.41, 5.74) is 5.21. The van der Waals surface area contributed by atoms with Crippen LogP contribution in [0.1, 0.15) is 26.7 Å². The third-order valence-corrected chi connectivity index (χ3v) is 3.04. The molecule has 0 atom stereocenters. The highest BCUT2D eigenvalue weighted by Crippen LogP contribution is 2.28. The van der Waals surface area contributed by atoms with E-state index in [4.69, 9.17) is 10.5 Å². The minimum atomic E-state index is -0.606. The van der Waals surface area contributed by atoms with Crippen LogP contribution in [0.2, 0.25) is 0 Å². The summed E-state index contributed by atoms with van der Waals surface area (Å²) < 4.78 is 18.4. The highest BCUT2D eigenvalue weighted by atomic mass is 19.1. The van der Waals surface area contributed by atoms with E-state index < -0.39 is 16.3 Å². The van der Waals surface area contributed by atoms with Gasteiger partial charge in [-0.15, -0.1) is 0 Å². The third-order valence-electron chi connectivity index (χ3n) is 3.04. The lowest BCUT2D eigenvalue weighted by Crippen LogP contribution is -2.44. The number of nitrogens with zero attached hydrogens (tertiary/aromatic N) is 1. The van der Waals surface area contributed by atoms with Crippen molar-refractivity contribution in [2.45, 2.75) is 32.2 Å². The van der Waals surface area contributed by atoms with Crippen molar-refractivity contribution in [1.82, 2.24) is 0 Å². The fourth-order valence-electron chi connectivity index (χ4n) is 1.43. The van der Waals surface area contributed by atoms with Gasteiger partial charge in [-0.3, -0.25) is 10.1 Å². The molecule has 0 fully saturated rings. The highest BCUT2D eigenvalue weighted by Gasteiger charge is 2.24. The average Bonchev–Trinajstić information content (AvgIpc) is 2.35. The number of hydrogen-bond donors (Lipinski definition) is 1. The van der Waals surface area contributed by atoms with Crippen molar-refractivity contribution < 1.29 is 14.1 Å². The lowest BCUT2D eigenvalue weighted by molar-refractivity contribution is -0.386. The number of nitrogens with two attached hydrogens (primary N) is 1. The Morgan fingerprint density at radius 1 is 1.44 bits per heavy atom. The molecule has 5 nitrogen and oxygen atoms in total. The number of nitro groups is 1. The number of nitro benzene ring substituents is 1. The average molecular weight is 256 g/mol. The second-order valence-electron chi connectivity index (χ2n) is 4.23.